The second-order valence-electron chi connectivity index (χ2n) is 7.92. The molecule has 0 saturated heterocycles. The fourth-order valence-electron chi connectivity index (χ4n) is 4.26. The second-order valence-corrected chi connectivity index (χ2v) is 7.92. The van der Waals surface area contributed by atoms with Crippen LogP contribution >= 0.6 is 0 Å². The third kappa shape index (κ3) is 4.76. The SMILES string of the molecule is O=C(Nc1cnc2cc[nH]c2c1C1=C/C=C\C=C/C=C1)C1CCCCCCCC1. The van der Waals surface area contributed by atoms with Gasteiger partial charge in [-0.05, 0) is 24.5 Å². The molecule has 2 aromatic rings. The molecule has 1 fully saturated rings. The molecule has 0 radical (unpaired) electrons. The summed E-state index contributed by atoms with van der Waals surface area (Å²) in [4.78, 5) is 21.0. The lowest BCUT2D eigenvalue weighted by molar-refractivity contribution is -0.120. The van der Waals surface area contributed by atoms with Crippen molar-refractivity contribution >= 4 is 28.2 Å². The van der Waals surface area contributed by atoms with Crippen molar-refractivity contribution in [2.75, 3.05) is 5.32 Å². The van der Waals surface area contributed by atoms with E-state index >= 15 is 0 Å². The summed E-state index contributed by atoms with van der Waals surface area (Å²) >= 11 is 0. The summed E-state index contributed by atoms with van der Waals surface area (Å²) in [5.41, 5.74) is 4.67. The van der Waals surface area contributed by atoms with E-state index in [1.807, 2.05) is 42.6 Å². The van der Waals surface area contributed by atoms with Crippen molar-refractivity contribution in [3.05, 3.63) is 66.6 Å². The number of pyridine rings is 1. The lowest BCUT2D eigenvalue weighted by atomic mass is 9.95. The molecule has 4 heteroatoms. The Morgan fingerprint density at radius 3 is 2.52 bits per heavy atom. The molecule has 2 aromatic heterocycles. The molecule has 2 N–H and O–H groups in total. The maximum Gasteiger partial charge on any atom is 0.227 e. The van der Waals surface area contributed by atoms with Crippen LogP contribution in [0.4, 0.5) is 5.69 Å². The zero-order valence-corrected chi connectivity index (χ0v) is 16.9. The number of hydrogen-bond donors (Lipinski definition) is 2. The van der Waals surface area contributed by atoms with Gasteiger partial charge in [-0.25, -0.2) is 0 Å². The third-order valence-corrected chi connectivity index (χ3v) is 5.85. The Kier molecular flexibility index (Phi) is 6.40. The summed E-state index contributed by atoms with van der Waals surface area (Å²) in [6.07, 6.45) is 27.2. The Labute approximate surface area is 172 Å². The number of aromatic amines is 1. The molecule has 150 valence electrons. The average Bonchev–Trinajstić information content (AvgIpc) is 3.21. The molecule has 2 heterocycles. The minimum Gasteiger partial charge on any atom is -0.359 e. The van der Waals surface area contributed by atoms with Crippen molar-refractivity contribution in [3.8, 4) is 0 Å². The lowest BCUT2D eigenvalue weighted by Crippen LogP contribution is -2.23. The highest BCUT2D eigenvalue weighted by molar-refractivity contribution is 6.03. The van der Waals surface area contributed by atoms with Gasteiger partial charge in [-0.15, -0.1) is 0 Å². The van der Waals surface area contributed by atoms with Crippen LogP contribution in [0, 0.1) is 5.92 Å². The van der Waals surface area contributed by atoms with E-state index in [2.05, 4.69) is 27.4 Å². The largest absolute Gasteiger partial charge is 0.359 e. The van der Waals surface area contributed by atoms with Crippen LogP contribution in [0.5, 0.6) is 0 Å². The molecule has 0 spiro atoms. The van der Waals surface area contributed by atoms with Crippen molar-refractivity contribution in [1.29, 1.82) is 0 Å². The van der Waals surface area contributed by atoms with Gasteiger partial charge < -0.3 is 10.3 Å². The molecule has 0 atom stereocenters. The maximum atomic E-state index is 13.2. The van der Waals surface area contributed by atoms with Crippen LogP contribution in [0.3, 0.4) is 0 Å². The number of carbonyl (C=O) groups is 1. The number of aromatic nitrogens is 2. The van der Waals surface area contributed by atoms with E-state index in [1.54, 1.807) is 6.20 Å². The van der Waals surface area contributed by atoms with E-state index in [0.29, 0.717) is 0 Å². The molecule has 2 aliphatic carbocycles. The molecular weight excluding hydrogens is 358 g/mol. The Balaban J connectivity index is 1.65. The molecule has 0 bridgehead atoms. The summed E-state index contributed by atoms with van der Waals surface area (Å²) in [5.74, 6) is 0.219. The first-order valence-electron chi connectivity index (χ1n) is 10.8. The Morgan fingerprint density at radius 2 is 1.69 bits per heavy atom. The van der Waals surface area contributed by atoms with E-state index < -0.39 is 0 Å². The zero-order chi connectivity index (χ0) is 19.9. The molecule has 0 aromatic carbocycles. The van der Waals surface area contributed by atoms with Gasteiger partial charge in [0, 0.05) is 17.7 Å². The number of nitrogens with one attached hydrogen (secondary N) is 2. The zero-order valence-electron chi connectivity index (χ0n) is 16.9. The van der Waals surface area contributed by atoms with Crippen molar-refractivity contribution in [1.82, 2.24) is 9.97 Å². The van der Waals surface area contributed by atoms with Crippen LogP contribution in [-0.2, 0) is 4.79 Å². The van der Waals surface area contributed by atoms with Crippen LogP contribution in [0.1, 0.15) is 56.9 Å². The summed E-state index contributed by atoms with van der Waals surface area (Å²) in [6.45, 7) is 0. The molecule has 1 amide bonds. The fourth-order valence-corrected chi connectivity index (χ4v) is 4.26. The lowest BCUT2D eigenvalue weighted by Gasteiger charge is -2.18. The van der Waals surface area contributed by atoms with E-state index in [1.165, 1.54) is 25.7 Å². The third-order valence-electron chi connectivity index (χ3n) is 5.85. The number of fused-ring (bicyclic) bond motifs is 1. The number of anilines is 1. The highest BCUT2D eigenvalue weighted by Crippen LogP contribution is 2.32. The summed E-state index contributed by atoms with van der Waals surface area (Å²) in [5, 5.41) is 3.23. The van der Waals surface area contributed by atoms with E-state index in [9.17, 15) is 4.79 Å². The topological polar surface area (TPSA) is 57.8 Å². The summed E-state index contributed by atoms with van der Waals surface area (Å²) in [7, 11) is 0. The Morgan fingerprint density at radius 1 is 0.966 bits per heavy atom. The number of allylic oxidation sites excluding steroid dienone is 8. The molecule has 2 aliphatic rings. The number of nitrogens with zero attached hydrogens (tertiary/aromatic N) is 1. The monoisotopic (exact) mass is 387 g/mol. The molecule has 0 unspecified atom stereocenters. The van der Waals surface area contributed by atoms with Gasteiger partial charge in [0.15, 0.2) is 0 Å². The van der Waals surface area contributed by atoms with Crippen LogP contribution in [0.25, 0.3) is 16.6 Å². The normalized spacial score (nSPS) is 20.6. The Bertz CT molecular complexity index is 967. The molecule has 1 saturated carbocycles. The van der Waals surface area contributed by atoms with Gasteiger partial charge in [0.25, 0.3) is 0 Å². The van der Waals surface area contributed by atoms with Crippen molar-refractivity contribution < 1.29 is 4.79 Å². The van der Waals surface area contributed by atoms with Gasteiger partial charge in [0.2, 0.25) is 5.91 Å². The molecule has 29 heavy (non-hydrogen) atoms. The van der Waals surface area contributed by atoms with Crippen molar-refractivity contribution in [2.45, 2.75) is 51.4 Å². The first-order valence-corrected chi connectivity index (χ1v) is 10.8. The van der Waals surface area contributed by atoms with Crippen molar-refractivity contribution in [3.63, 3.8) is 0 Å². The highest BCUT2D eigenvalue weighted by Gasteiger charge is 2.21. The quantitative estimate of drug-likeness (QED) is 0.647. The standard InChI is InChI=1S/C25H29N3O/c29-25(20-14-10-4-1-2-5-11-15-20)28-22-18-27-21-16-17-26-24(21)23(22)19-12-8-6-3-7-9-13-19/h3,6-9,12-13,16-18,20,26H,1-2,4-5,10-11,14-15H2,(H,28,29)/b6-3-,7-3?,8-6?,9-7-,12-8?,13-9?,19-12?,19-13?. The molecule has 4 rings (SSSR count). The number of hydrogen-bond acceptors (Lipinski definition) is 2. The number of carbonyl (C=O) groups excluding carboxylic acids is 1. The van der Waals surface area contributed by atoms with Gasteiger partial charge >= 0.3 is 0 Å². The molecule has 4 nitrogen and oxygen atoms in total. The van der Waals surface area contributed by atoms with E-state index in [4.69, 9.17) is 0 Å². The second kappa shape index (κ2) is 9.55. The van der Waals surface area contributed by atoms with Crippen LogP contribution in [-0.4, -0.2) is 15.9 Å². The first-order chi connectivity index (χ1) is 14.3. The maximum absolute atomic E-state index is 13.2. The summed E-state index contributed by atoms with van der Waals surface area (Å²) in [6, 6.07) is 1.96. The number of rotatable bonds is 3. The first kappa shape index (κ1) is 19.4. The average molecular weight is 388 g/mol. The predicted molar refractivity (Wildman–Crippen MR) is 121 cm³/mol. The van der Waals surface area contributed by atoms with Crippen LogP contribution < -0.4 is 5.32 Å². The molecular formula is C25H29N3O. The van der Waals surface area contributed by atoms with Gasteiger partial charge in [-0.1, -0.05) is 81.1 Å². The predicted octanol–water partition coefficient (Wildman–Crippen LogP) is 6.32. The molecule has 0 aliphatic heterocycles. The number of amides is 1. The minimum atomic E-state index is 0.0879. The van der Waals surface area contributed by atoms with Crippen LogP contribution in [0.2, 0.25) is 0 Å². The summed E-state index contributed by atoms with van der Waals surface area (Å²) < 4.78 is 0. The fraction of sp³-hybridized carbons (Fsp3) is 0.360. The van der Waals surface area contributed by atoms with E-state index in [-0.39, 0.29) is 11.8 Å². The van der Waals surface area contributed by atoms with Gasteiger partial charge in [0.1, 0.15) is 0 Å². The van der Waals surface area contributed by atoms with Crippen LogP contribution in [0.15, 0.2) is 61.0 Å². The Hall–Kier alpha value is -2.88. The van der Waals surface area contributed by atoms with Gasteiger partial charge in [-0.2, -0.15) is 0 Å². The highest BCUT2D eigenvalue weighted by atomic mass is 16.1. The van der Waals surface area contributed by atoms with E-state index in [0.717, 1.165) is 53.5 Å². The minimum absolute atomic E-state index is 0.0879. The smallest absolute Gasteiger partial charge is 0.227 e. The van der Waals surface area contributed by atoms with Gasteiger partial charge in [0.05, 0.1) is 22.9 Å². The van der Waals surface area contributed by atoms with Crippen molar-refractivity contribution in [2.24, 2.45) is 5.92 Å². The van der Waals surface area contributed by atoms with Gasteiger partial charge in [-0.3, -0.25) is 9.78 Å². The number of H-pyrrole nitrogens is 1.